The lowest BCUT2D eigenvalue weighted by molar-refractivity contribution is -0.140. The van der Waals surface area contributed by atoms with E-state index >= 15 is 0 Å². The molecule has 92 valence electrons. The Morgan fingerprint density at radius 3 is 2.31 bits per heavy atom. The number of methoxy groups -OCH3 is 1. The lowest BCUT2D eigenvalue weighted by Crippen LogP contribution is -2.43. The molecule has 2 fully saturated rings. The fourth-order valence-corrected chi connectivity index (χ4v) is 2.43. The second-order valence-electron chi connectivity index (χ2n) is 5.09. The number of rotatable bonds is 8. The van der Waals surface area contributed by atoms with Crippen molar-refractivity contribution >= 4 is 5.97 Å². The van der Waals surface area contributed by atoms with Crippen molar-refractivity contribution in [1.82, 2.24) is 5.32 Å². The summed E-state index contributed by atoms with van der Waals surface area (Å²) in [7, 11) is 1.54. The highest BCUT2D eigenvalue weighted by molar-refractivity contribution is 5.73. The number of carbonyl (C=O) groups is 1. The van der Waals surface area contributed by atoms with Gasteiger partial charge in [-0.1, -0.05) is 0 Å². The van der Waals surface area contributed by atoms with Crippen molar-refractivity contribution < 1.29 is 14.6 Å². The van der Waals surface area contributed by atoms with E-state index in [1.165, 1.54) is 32.8 Å². The van der Waals surface area contributed by atoms with Gasteiger partial charge in [0, 0.05) is 7.11 Å². The van der Waals surface area contributed by atoms with Crippen LogP contribution >= 0.6 is 0 Å². The summed E-state index contributed by atoms with van der Waals surface area (Å²) in [6, 6.07) is -0.551. The number of ether oxygens (including phenoxy) is 1. The van der Waals surface area contributed by atoms with Crippen LogP contribution in [0.4, 0.5) is 0 Å². The first-order chi connectivity index (χ1) is 7.72. The van der Waals surface area contributed by atoms with Crippen molar-refractivity contribution in [3.8, 4) is 0 Å². The van der Waals surface area contributed by atoms with Gasteiger partial charge in [0.05, 0.1) is 6.61 Å². The number of carboxylic acid groups (broad SMARTS) is 1. The van der Waals surface area contributed by atoms with Crippen LogP contribution in [0.1, 0.15) is 25.7 Å². The SMILES string of the molecule is COCC(NCC(C1CC1)C1CC1)C(=O)O. The first-order valence-electron chi connectivity index (χ1n) is 6.17. The van der Waals surface area contributed by atoms with Crippen molar-refractivity contribution in [3.05, 3.63) is 0 Å². The van der Waals surface area contributed by atoms with Gasteiger partial charge in [0.1, 0.15) is 6.04 Å². The molecule has 0 aliphatic heterocycles. The van der Waals surface area contributed by atoms with Gasteiger partial charge in [-0.25, -0.2) is 0 Å². The summed E-state index contributed by atoms with van der Waals surface area (Å²) in [6.45, 7) is 1.09. The van der Waals surface area contributed by atoms with Gasteiger partial charge in [0.15, 0.2) is 0 Å². The topological polar surface area (TPSA) is 58.6 Å². The van der Waals surface area contributed by atoms with Gasteiger partial charge in [-0.2, -0.15) is 0 Å². The Labute approximate surface area is 96.4 Å². The van der Waals surface area contributed by atoms with E-state index in [2.05, 4.69) is 5.32 Å². The van der Waals surface area contributed by atoms with Gasteiger partial charge in [-0.05, 0) is 50.0 Å². The first-order valence-corrected chi connectivity index (χ1v) is 6.17. The van der Waals surface area contributed by atoms with Crippen molar-refractivity contribution in [2.24, 2.45) is 17.8 Å². The van der Waals surface area contributed by atoms with Crippen LogP contribution in [0.3, 0.4) is 0 Å². The van der Waals surface area contributed by atoms with E-state index in [0.29, 0.717) is 5.92 Å². The van der Waals surface area contributed by atoms with Crippen LogP contribution < -0.4 is 5.32 Å². The van der Waals surface area contributed by atoms with Crippen LogP contribution in [0.25, 0.3) is 0 Å². The highest BCUT2D eigenvalue weighted by atomic mass is 16.5. The minimum absolute atomic E-state index is 0.247. The zero-order valence-electron chi connectivity index (χ0n) is 9.82. The molecule has 0 radical (unpaired) electrons. The van der Waals surface area contributed by atoms with Gasteiger partial charge >= 0.3 is 5.97 Å². The van der Waals surface area contributed by atoms with E-state index in [0.717, 1.165) is 18.4 Å². The fourth-order valence-electron chi connectivity index (χ4n) is 2.43. The molecule has 0 heterocycles. The Hall–Kier alpha value is -0.610. The first kappa shape index (κ1) is 11.9. The monoisotopic (exact) mass is 227 g/mol. The van der Waals surface area contributed by atoms with E-state index in [4.69, 9.17) is 9.84 Å². The molecule has 2 aliphatic rings. The van der Waals surface area contributed by atoms with Gasteiger partial charge in [0.25, 0.3) is 0 Å². The Bertz CT molecular complexity index is 237. The third-order valence-corrected chi connectivity index (χ3v) is 3.69. The normalized spacial score (nSPS) is 22.4. The average Bonchev–Trinajstić information content (AvgIpc) is 3.10. The zero-order valence-corrected chi connectivity index (χ0v) is 9.82. The second-order valence-corrected chi connectivity index (χ2v) is 5.09. The zero-order chi connectivity index (χ0) is 11.5. The molecule has 0 aromatic carbocycles. The summed E-state index contributed by atoms with van der Waals surface area (Å²) < 4.78 is 4.91. The fraction of sp³-hybridized carbons (Fsp3) is 0.917. The molecule has 1 atom stereocenters. The number of carboxylic acids is 1. The van der Waals surface area contributed by atoms with Gasteiger partial charge < -0.3 is 15.2 Å². The summed E-state index contributed by atoms with van der Waals surface area (Å²) in [5.74, 6) is 1.61. The predicted octanol–water partition coefficient (Wildman–Crippen LogP) is 1.11. The summed E-state index contributed by atoms with van der Waals surface area (Å²) in [6.07, 6.45) is 5.35. The van der Waals surface area contributed by atoms with E-state index in [1.807, 2.05) is 0 Å². The molecule has 4 nitrogen and oxygen atoms in total. The molecular formula is C12H21NO3. The Morgan fingerprint density at radius 1 is 1.38 bits per heavy atom. The molecule has 1 unspecified atom stereocenters. The summed E-state index contributed by atoms with van der Waals surface area (Å²) >= 11 is 0. The van der Waals surface area contributed by atoms with Gasteiger partial charge in [-0.3, -0.25) is 4.79 Å². The Balaban J connectivity index is 1.76. The highest BCUT2D eigenvalue weighted by Gasteiger charge is 2.41. The van der Waals surface area contributed by atoms with Crippen LogP contribution in [0.2, 0.25) is 0 Å². The van der Waals surface area contributed by atoms with Crippen molar-refractivity contribution in [1.29, 1.82) is 0 Å². The number of hydrogen-bond donors (Lipinski definition) is 2. The summed E-state index contributed by atoms with van der Waals surface area (Å²) in [5.41, 5.74) is 0. The number of hydrogen-bond acceptors (Lipinski definition) is 3. The van der Waals surface area contributed by atoms with Crippen LogP contribution in [0.5, 0.6) is 0 Å². The maximum Gasteiger partial charge on any atom is 0.323 e. The Kier molecular flexibility index (Phi) is 3.82. The van der Waals surface area contributed by atoms with Gasteiger partial charge in [-0.15, -0.1) is 0 Å². The molecule has 0 aromatic heterocycles. The summed E-state index contributed by atoms with van der Waals surface area (Å²) in [5, 5.41) is 12.1. The maximum absolute atomic E-state index is 10.9. The third kappa shape index (κ3) is 3.19. The minimum Gasteiger partial charge on any atom is -0.480 e. The van der Waals surface area contributed by atoms with E-state index in [1.54, 1.807) is 0 Å². The third-order valence-electron chi connectivity index (χ3n) is 3.69. The van der Waals surface area contributed by atoms with Crippen LogP contribution in [-0.4, -0.2) is 37.4 Å². The predicted molar refractivity (Wildman–Crippen MR) is 60.2 cm³/mol. The highest BCUT2D eigenvalue weighted by Crippen LogP contribution is 2.48. The van der Waals surface area contributed by atoms with Crippen LogP contribution in [0.15, 0.2) is 0 Å². The molecule has 2 rings (SSSR count). The van der Waals surface area contributed by atoms with Crippen molar-refractivity contribution in [2.75, 3.05) is 20.3 Å². The minimum atomic E-state index is -0.813. The Morgan fingerprint density at radius 2 is 1.94 bits per heavy atom. The van der Waals surface area contributed by atoms with Crippen molar-refractivity contribution in [3.63, 3.8) is 0 Å². The lowest BCUT2D eigenvalue weighted by atomic mass is 9.97. The standard InChI is InChI=1S/C12H21NO3/c1-16-7-11(12(14)15)13-6-10(8-2-3-8)9-4-5-9/h8-11,13H,2-7H2,1H3,(H,14,15). The molecule has 4 heteroatoms. The van der Waals surface area contributed by atoms with Crippen LogP contribution in [0, 0.1) is 17.8 Å². The van der Waals surface area contributed by atoms with Crippen molar-refractivity contribution in [2.45, 2.75) is 31.7 Å². The molecule has 2 aliphatic carbocycles. The molecule has 0 aromatic rings. The largest absolute Gasteiger partial charge is 0.480 e. The molecule has 2 saturated carbocycles. The summed E-state index contributed by atoms with van der Waals surface area (Å²) in [4.78, 5) is 10.9. The van der Waals surface area contributed by atoms with E-state index in [-0.39, 0.29) is 6.61 Å². The molecule has 2 N–H and O–H groups in total. The quantitative estimate of drug-likeness (QED) is 0.652. The van der Waals surface area contributed by atoms with E-state index < -0.39 is 12.0 Å². The molecule has 0 saturated heterocycles. The molecule has 0 spiro atoms. The second kappa shape index (κ2) is 5.15. The lowest BCUT2D eigenvalue weighted by Gasteiger charge is -2.20. The number of aliphatic carboxylic acids is 1. The average molecular weight is 227 g/mol. The maximum atomic E-state index is 10.9. The number of nitrogens with one attached hydrogen (secondary N) is 1. The molecular weight excluding hydrogens is 206 g/mol. The van der Waals surface area contributed by atoms with Gasteiger partial charge in [0.2, 0.25) is 0 Å². The molecule has 0 amide bonds. The van der Waals surface area contributed by atoms with Crippen LogP contribution in [-0.2, 0) is 9.53 Å². The smallest absolute Gasteiger partial charge is 0.323 e. The molecule has 16 heavy (non-hydrogen) atoms. The molecule has 0 bridgehead atoms. The van der Waals surface area contributed by atoms with E-state index in [9.17, 15) is 4.79 Å².